The molecule has 1 N–H and O–H groups in total. The third-order valence-electron chi connectivity index (χ3n) is 5.57. The average molecular weight is 376 g/mol. The van der Waals surface area contributed by atoms with Crippen LogP contribution in [0.4, 0.5) is 0 Å². The lowest BCUT2D eigenvalue weighted by atomic mass is 9.88. The molecule has 1 aliphatic carbocycles. The zero-order chi connectivity index (χ0) is 19.8. The largest absolute Gasteiger partial charge is 0.354 e. The van der Waals surface area contributed by atoms with Crippen molar-refractivity contribution in [3.8, 4) is 0 Å². The molecule has 6 nitrogen and oxygen atoms in total. The van der Waals surface area contributed by atoms with Crippen molar-refractivity contribution in [1.29, 1.82) is 0 Å². The van der Waals surface area contributed by atoms with Crippen LogP contribution in [0.25, 0.3) is 10.9 Å². The maximum absolute atomic E-state index is 13.5. The first-order valence-electron chi connectivity index (χ1n) is 9.55. The van der Waals surface area contributed by atoms with E-state index < -0.39 is 0 Å². The first-order valence-corrected chi connectivity index (χ1v) is 9.55. The van der Waals surface area contributed by atoms with Crippen molar-refractivity contribution in [2.45, 2.75) is 38.8 Å². The molecule has 0 spiro atoms. The lowest BCUT2D eigenvalue weighted by molar-refractivity contribution is 0.0716. The van der Waals surface area contributed by atoms with Gasteiger partial charge in [0.25, 0.3) is 11.5 Å². The number of hydrogen-bond acceptors (Lipinski definition) is 3. The fourth-order valence-corrected chi connectivity index (χ4v) is 4.19. The van der Waals surface area contributed by atoms with Gasteiger partial charge in [0.15, 0.2) is 0 Å². The molecule has 6 heteroatoms. The smallest absolute Gasteiger partial charge is 0.275 e. The van der Waals surface area contributed by atoms with E-state index in [0.717, 1.165) is 30.5 Å². The molecular weight excluding hydrogens is 352 g/mol. The number of nitrogens with zero attached hydrogens (tertiary/aromatic N) is 3. The third kappa shape index (κ3) is 2.95. The van der Waals surface area contributed by atoms with Gasteiger partial charge in [0.1, 0.15) is 5.52 Å². The minimum atomic E-state index is -0.142. The summed E-state index contributed by atoms with van der Waals surface area (Å²) in [5.41, 5.74) is 4.08. The number of rotatable bonds is 4. The van der Waals surface area contributed by atoms with Gasteiger partial charge in [-0.05, 0) is 49.4 Å². The number of aromatic nitrogens is 3. The summed E-state index contributed by atoms with van der Waals surface area (Å²) in [5, 5.41) is 0.672. The highest BCUT2D eigenvalue weighted by Crippen LogP contribution is 2.34. The van der Waals surface area contributed by atoms with Gasteiger partial charge in [-0.15, -0.1) is 6.58 Å². The van der Waals surface area contributed by atoms with Crippen LogP contribution in [0.15, 0.2) is 48.2 Å². The number of carbonyl (C=O) groups excluding carboxylic acids is 1. The molecule has 3 heterocycles. The maximum Gasteiger partial charge on any atom is 0.275 e. The van der Waals surface area contributed by atoms with Crippen molar-refractivity contribution in [3.63, 3.8) is 0 Å². The lowest BCUT2D eigenvalue weighted by Gasteiger charge is -2.33. The van der Waals surface area contributed by atoms with Gasteiger partial charge in [-0.2, -0.15) is 0 Å². The van der Waals surface area contributed by atoms with Gasteiger partial charge in [-0.1, -0.05) is 6.08 Å². The Kier molecular flexibility index (Phi) is 4.63. The Hall–Kier alpha value is -3.15. The zero-order valence-electron chi connectivity index (χ0n) is 16.2. The van der Waals surface area contributed by atoms with Gasteiger partial charge >= 0.3 is 0 Å². The molecular formula is C22H24N4O2. The number of carbonyl (C=O) groups is 1. The second-order valence-electron chi connectivity index (χ2n) is 7.43. The Bertz CT molecular complexity index is 1130. The van der Waals surface area contributed by atoms with Crippen LogP contribution in [0.5, 0.6) is 0 Å². The summed E-state index contributed by atoms with van der Waals surface area (Å²) in [6.45, 7) is 5.96. The Morgan fingerprint density at radius 3 is 3.11 bits per heavy atom. The van der Waals surface area contributed by atoms with Crippen LogP contribution in [-0.2, 0) is 13.0 Å². The first kappa shape index (κ1) is 18.2. The molecule has 4 rings (SSSR count). The fourth-order valence-electron chi connectivity index (χ4n) is 4.19. The second-order valence-corrected chi connectivity index (χ2v) is 7.43. The van der Waals surface area contributed by atoms with Crippen LogP contribution >= 0.6 is 0 Å². The molecule has 144 valence electrons. The molecule has 1 atom stereocenters. The van der Waals surface area contributed by atoms with E-state index in [2.05, 4.69) is 16.5 Å². The van der Waals surface area contributed by atoms with Crippen LogP contribution < -0.4 is 5.56 Å². The molecule has 0 aliphatic heterocycles. The van der Waals surface area contributed by atoms with E-state index in [1.54, 1.807) is 23.4 Å². The highest BCUT2D eigenvalue weighted by atomic mass is 16.2. The molecule has 0 radical (unpaired) electrons. The number of allylic oxidation sites excluding steroid dienone is 1. The monoisotopic (exact) mass is 376 g/mol. The van der Waals surface area contributed by atoms with E-state index >= 15 is 0 Å². The summed E-state index contributed by atoms with van der Waals surface area (Å²) in [6.07, 6.45) is 9.94. The minimum Gasteiger partial charge on any atom is -0.354 e. The quantitative estimate of drug-likeness (QED) is 0.710. The molecule has 1 amide bonds. The lowest BCUT2D eigenvalue weighted by Crippen LogP contribution is -2.34. The molecule has 0 bridgehead atoms. The molecule has 0 saturated carbocycles. The number of aromatic amines is 1. The topological polar surface area (TPSA) is 71.0 Å². The Morgan fingerprint density at radius 1 is 1.50 bits per heavy atom. The number of H-pyrrole nitrogens is 1. The van der Waals surface area contributed by atoms with Crippen molar-refractivity contribution in [2.24, 2.45) is 0 Å². The van der Waals surface area contributed by atoms with E-state index in [1.165, 1.54) is 10.1 Å². The van der Waals surface area contributed by atoms with E-state index in [4.69, 9.17) is 0 Å². The van der Waals surface area contributed by atoms with Crippen LogP contribution in [0.2, 0.25) is 0 Å². The van der Waals surface area contributed by atoms with Gasteiger partial charge in [0, 0.05) is 43.3 Å². The van der Waals surface area contributed by atoms with Gasteiger partial charge in [0.2, 0.25) is 0 Å². The van der Waals surface area contributed by atoms with E-state index in [0.29, 0.717) is 23.0 Å². The highest BCUT2D eigenvalue weighted by Gasteiger charge is 2.29. The van der Waals surface area contributed by atoms with E-state index in [9.17, 15) is 9.59 Å². The van der Waals surface area contributed by atoms with Crippen LogP contribution in [-0.4, -0.2) is 32.4 Å². The Labute approximate surface area is 163 Å². The van der Waals surface area contributed by atoms with Gasteiger partial charge < -0.3 is 14.5 Å². The standard InChI is InChI=1S/C22H24N4O2/c1-4-10-26-13-18(17-11-14(2)24-20(17)22(26)28)21(27)25(3)19-7-5-6-15-12-23-9-8-16(15)19/h4,8-9,11-13,19,24H,1,5-7,10H2,2-3H3. The summed E-state index contributed by atoms with van der Waals surface area (Å²) < 4.78 is 1.53. The number of nitrogens with one attached hydrogen (secondary N) is 1. The van der Waals surface area contributed by atoms with E-state index in [-0.39, 0.29) is 17.5 Å². The van der Waals surface area contributed by atoms with Crippen LogP contribution in [0, 0.1) is 6.92 Å². The molecule has 28 heavy (non-hydrogen) atoms. The summed E-state index contributed by atoms with van der Waals surface area (Å²) in [5.74, 6) is -0.0866. The van der Waals surface area contributed by atoms with E-state index in [1.807, 2.05) is 32.3 Å². The summed E-state index contributed by atoms with van der Waals surface area (Å²) in [7, 11) is 1.84. The SMILES string of the molecule is C=CCn1cc(C(=O)N(C)C2CCCc3cnccc32)c2cc(C)[nH]c2c1=O. The Morgan fingerprint density at radius 2 is 2.32 bits per heavy atom. The number of fused-ring (bicyclic) bond motifs is 2. The van der Waals surface area contributed by atoms with Crippen molar-refractivity contribution in [3.05, 3.63) is 76.1 Å². The van der Waals surface area contributed by atoms with Gasteiger partial charge in [-0.25, -0.2) is 0 Å². The van der Waals surface area contributed by atoms with Crippen LogP contribution in [0.1, 0.15) is 46.1 Å². The second kappa shape index (κ2) is 7.11. The summed E-state index contributed by atoms with van der Waals surface area (Å²) in [4.78, 5) is 35.3. The normalized spacial score (nSPS) is 16.0. The molecule has 0 saturated heterocycles. The average Bonchev–Trinajstić information content (AvgIpc) is 3.10. The molecule has 0 fully saturated rings. The maximum atomic E-state index is 13.5. The summed E-state index contributed by atoms with van der Waals surface area (Å²) in [6, 6.07) is 3.89. The number of aryl methyl sites for hydroxylation is 2. The fraction of sp³-hybridized carbons (Fsp3) is 0.318. The predicted octanol–water partition coefficient (Wildman–Crippen LogP) is 3.37. The van der Waals surface area contributed by atoms with Crippen molar-refractivity contribution in [2.75, 3.05) is 7.05 Å². The molecule has 3 aromatic heterocycles. The number of pyridine rings is 2. The van der Waals surface area contributed by atoms with Gasteiger partial charge in [0.05, 0.1) is 11.6 Å². The third-order valence-corrected chi connectivity index (χ3v) is 5.57. The van der Waals surface area contributed by atoms with Crippen molar-refractivity contribution < 1.29 is 4.79 Å². The van der Waals surface area contributed by atoms with Crippen molar-refractivity contribution in [1.82, 2.24) is 19.4 Å². The highest BCUT2D eigenvalue weighted by molar-refractivity contribution is 6.06. The van der Waals surface area contributed by atoms with Crippen LogP contribution in [0.3, 0.4) is 0 Å². The molecule has 1 unspecified atom stereocenters. The van der Waals surface area contributed by atoms with Crippen molar-refractivity contribution >= 4 is 16.8 Å². The van der Waals surface area contributed by atoms with Gasteiger partial charge in [-0.3, -0.25) is 14.6 Å². The summed E-state index contributed by atoms with van der Waals surface area (Å²) >= 11 is 0. The Balaban J connectivity index is 1.80. The molecule has 1 aliphatic rings. The minimum absolute atomic E-state index is 0.00845. The number of amides is 1. The molecule has 0 aromatic carbocycles. The zero-order valence-corrected chi connectivity index (χ0v) is 16.2. The predicted molar refractivity (Wildman–Crippen MR) is 110 cm³/mol. The molecule has 3 aromatic rings. The number of hydrogen-bond donors (Lipinski definition) is 1. The first-order chi connectivity index (χ1) is 13.5.